The summed E-state index contributed by atoms with van der Waals surface area (Å²) < 4.78 is 5.97. The third-order valence-electron chi connectivity index (χ3n) is 4.56. The molecule has 2 heterocycles. The van der Waals surface area contributed by atoms with Gasteiger partial charge in [-0.3, -0.25) is 4.79 Å². The first-order valence-corrected chi connectivity index (χ1v) is 8.14. The molecule has 1 N–H and O–H groups in total. The Balaban J connectivity index is 1.99. The smallest absolute Gasteiger partial charge is 0.290 e. The summed E-state index contributed by atoms with van der Waals surface area (Å²) in [4.78, 5) is 15.0. The molecule has 1 aliphatic rings. The molecule has 2 aromatic rings. The summed E-state index contributed by atoms with van der Waals surface area (Å²) in [6, 6.07) is 6.34. The Labute approximate surface area is 131 Å². The summed E-state index contributed by atoms with van der Waals surface area (Å²) in [7, 11) is 0. The van der Waals surface area contributed by atoms with Crippen molar-refractivity contribution in [2.45, 2.75) is 39.7 Å². The van der Waals surface area contributed by atoms with Crippen molar-refractivity contribution in [3.63, 3.8) is 0 Å². The van der Waals surface area contributed by atoms with E-state index in [0.29, 0.717) is 5.76 Å². The second kappa shape index (κ2) is 6.13. The number of aryl methyl sites for hydroxylation is 2. The molecule has 1 aliphatic heterocycles. The molecule has 1 aromatic carbocycles. The zero-order chi connectivity index (χ0) is 15.7. The fourth-order valence-corrected chi connectivity index (χ4v) is 3.31. The summed E-state index contributed by atoms with van der Waals surface area (Å²) >= 11 is 0. The highest BCUT2D eigenvalue weighted by Gasteiger charge is 2.30. The minimum Gasteiger partial charge on any atom is -0.450 e. The minimum absolute atomic E-state index is 0.0312. The van der Waals surface area contributed by atoms with Gasteiger partial charge in [0.2, 0.25) is 0 Å². The maximum Gasteiger partial charge on any atom is 0.290 e. The third-order valence-corrected chi connectivity index (χ3v) is 4.56. The number of carbonyl (C=O) groups excluding carboxylic acids is 1. The zero-order valence-corrected chi connectivity index (χ0v) is 13.6. The molecule has 0 saturated carbocycles. The van der Waals surface area contributed by atoms with Crippen LogP contribution in [0.15, 0.2) is 22.6 Å². The zero-order valence-electron chi connectivity index (χ0n) is 13.6. The van der Waals surface area contributed by atoms with E-state index >= 15 is 0 Å². The van der Waals surface area contributed by atoms with Crippen LogP contribution in [0.25, 0.3) is 11.0 Å². The lowest BCUT2D eigenvalue weighted by molar-refractivity contribution is 0.0661. The first-order chi connectivity index (χ1) is 10.6. The quantitative estimate of drug-likeness (QED) is 0.942. The highest BCUT2D eigenvalue weighted by Crippen LogP contribution is 2.29. The Kier molecular flexibility index (Phi) is 4.21. The van der Waals surface area contributed by atoms with Gasteiger partial charge in [-0.1, -0.05) is 25.1 Å². The summed E-state index contributed by atoms with van der Waals surface area (Å²) in [5.41, 5.74) is 2.87. The van der Waals surface area contributed by atoms with Crippen molar-refractivity contribution in [2.24, 2.45) is 0 Å². The number of hydrogen-bond acceptors (Lipinski definition) is 3. The average molecular weight is 300 g/mol. The number of benzene rings is 1. The lowest BCUT2D eigenvalue weighted by Crippen LogP contribution is -2.42. The molecule has 22 heavy (non-hydrogen) atoms. The molecule has 1 aromatic heterocycles. The molecule has 1 unspecified atom stereocenters. The highest BCUT2D eigenvalue weighted by molar-refractivity contribution is 5.99. The monoisotopic (exact) mass is 300 g/mol. The van der Waals surface area contributed by atoms with E-state index in [-0.39, 0.29) is 11.9 Å². The van der Waals surface area contributed by atoms with Crippen LogP contribution in [0.3, 0.4) is 0 Å². The van der Waals surface area contributed by atoms with E-state index in [4.69, 9.17) is 4.42 Å². The lowest BCUT2D eigenvalue weighted by Gasteiger charge is -2.27. The number of nitrogens with zero attached hydrogens (tertiary/aromatic N) is 1. The van der Waals surface area contributed by atoms with E-state index in [2.05, 4.69) is 12.2 Å². The standard InChI is InChI=1S/C18H24N2O2/c1-4-10-20(14-8-9-19-11-14)18(21)17-13(3)15-7-5-6-12(2)16(15)22-17/h5-7,14,19H,4,8-11H2,1-3H3. The number of furan rings is 1. The molecule has 0 aliphatic carbocycles. The molecule has 1 fully saturated rings. The van der Waals surface area contributed by atoms with Gasteiger partial charge in [0.1, 0.15) is 5.58 Å². The molecular formula is C18H24N2O2. The van der Waals surface area contributed by atoms with Gasteiger partial charge in [-0.15, -0.1) is 0 Å². The van der Waals surface area contributed by atoms with E-state index in [1.54, 1.807) is 0 Å². The Morgan fingerprint density at radius 1 is 1.41 bits per heavy atom. The molecule has 1 amide bonds. The van der Waals surface area contributed by atoms with Crippen LogP contribution in [0.1, 0.15) is 41.4 Å². The molecule has 1 atom stereocenters. The van der Waals surface area contributed by atoms with Gasteiger partial charge >= 0.3 is 0 Å². The van der Waals surface area contributed by atoms with Crippen molar-refractivity contribution in [1.82, 2.24) is 10.2 Å². The van der Waals surface area contributed by atoms with Crippen LogP contribution < -0.4 is 5.32 Å². The van der Waals surface area contributed by atoms with Crippen LogP contribution in [-0.2, 0) is 0 Å². The SMILES string of the molecule is CCCN(C(=O)c1oc2c(C)cccc2c1C)C1CCNC1. The van der Waals surface area contributed by atoms with Crippen molar-refractivity contribution in [1.29, 1.82) is 0 Å². The lowest BCUT2D eigenvalue weighted by atomic mass is 10.1. The van der Waals surface area contributed by atoms with Gasteiger partial charge in [0.25, 0.3) is 5.91 Å². The number of hydrogen-bond donors (Lipinski definition) is 1. The van der Waals surface area contributed by atoms with Crippen molar-refractivity contribution in [3.05, 3.63) is 35.1 Å². The van der Waals surface area contributed by atoms with Gasteiger partial charge in [0.05, 0.1) is 0 Å². The number of fused-ring (bicyclic) bond motifs is 1. The van der Waals surface area contributed by atoms with Crippen LogP contribution in [0, 0.1) is 13.8 Å². The molecule has 1 saturated heterocycles. The number of rotatable bonds is 4. The first kappa shape index (κ1) is 15.1. The largest absolute Gasteiger partial charge is 0.450 e. The van der Waals surface area contributed by atoms with Gasteiger partial charge in [-0.2, -0.15) is 0 Å². The summed E-state index contributed by atoms with van der Waals surface area (Å²) in [6.07, 6.45) is 1.98. The van der Waals surface area contributed by atoms with Crippen LogP contribution in [0.2, 0.25) is 0 Å². The summed E-state index contributed by atoms with van der Waals surface area (Å²) in [6.45, 7) is 8.75. The van der Waals surface area contributed by atoms with Gasteiger partial charge in [-0.05, 0) is 38.8 Å². The Hall–Kier alpha value is -1.81. The molecule has 0 spiro atoms. The Morgan fingerprint density at radius 3 is 2.86 bits per heavy atom. The second-order valence-corrected chi connectivity index (χ2v) is 6.15. The van der Waals surface area contributed by atoms with Gasteiger partial charge < -0.3 is 14.6 Å². The van der Waals surface area contributed by atoms with E-state index in [0.717, 1.165) is 54.6 Å². The van der Waals surface area contributed by atoms with Gasteiger partial charge in [0, 0.05) is 30.1 Å². The van der Waals surface area contributed by atoms with Crippen molar-refractivity contribution in [3.8, 4) is 0 Å². The molecule has 0 radical (unpaired) electrons. The van der Waals surface area contributed by atoms with E-state index in [1.165, 1.54) is 0 Å². The highest BCUT2D eigenvalue weighted by atomic mass is 16.3. The van der Waals surface area contributed by atoms with Crippen LogP contribution in [0.4, 0.5) is 0 Å². The minimum atomic E-state index is 0.0312. The predicted molar refractivity (Wildman–Crippen MR) is 88.3 cm³/mol. The normalized spacial score (nSPS) is 18.0. The topological polar surface area (TPSA) is 45.5 Å². The number of amides is 1. The molecule has 3 rings (SSSR count). The second-order valence-electron chi connectivity index (χ2n) is 6.15. The molecule has 118 valence electrons. The molecular weight excluding hydrogens is 276 g/mol. The summed E-state index contributed by atoms with van der Waals surface area (Å²) in [5.74, 6) is 0.535. The predicted octanol–water partition coefficient (Wildman–Crippen LogP) is 3.26. The number of nitrogens with one attached hydrogen (secondary N) is 1. The fourth-order valence-electron chi connectivity index (χ4n) is 3.31. The first-order valence-electron chi connectivity index (χ1n) is 8.14. The molecule has 4 heteroatoms. The van der Waals surface area contributed by atoms with Crippen molar-refractivity contribution in [2.75, 3.05) is 19.6 Å². The fraction of sp³-hybridized carbons (Fsp3) is 0.500. The van der Waals surface area contributed by atoms with Gasteiger partial charge in [-0.25, -0.2) is 0 Å². The van der Waals surface area contributed by atoms with Crippen LogP contribution in [-0.4, -0.2) is 36.5 Å². The maximum absolute atomic E-state index is 13.0. The Morgan fingerprint density at radius 2 is 2.23 bits per heavy atom. The van der Waals surface area contributed by atoms with Crippen molar-refractivity contribution >= 4 is 16.9 Å². The Bertz CT molecular complexity index is 684. The van der Waals surface area contributed by atoms with E-state index < -0.39 is 0 Å². The van der Waals surface area contributed by atoms with E-state index in [1.807, 2.05) is 36.9 Å². The molecule has 4 nitrogen and oxygen atoms in total. The van der Waals surface area contributed by atoms with Crippen LogP contribution in [0.5, 0.6) is 0 Å². The van der Waals surface area contributed by atoms with E-state index in [9.17, 15) is 4.79 Å². The number of carbonyl (C=O) groups is 1. The van der Waals surface area contributed by atoms with Crippen LogP contribution >= 0.6 is 0 Å². The van der Waals surface area contributed by atoms with Crippen molar-refractivity contribution < 1.29 is 9.21 Å². The third kappa shape index (κ3) is 2.52. The summed E-state index contributed by atoms with van der Waals surface area (Å²) in [5, 5.41) is 4.39. The average Bonchev–Trinajstić information content (AvgIpc) is 3.14. The van der Waals surface area contributed by atoms with Gasteiger partial charge in [0.15, 0.2) is 5.76 Å². The maximum atomic E-state index is 13.0. The number of para-hydroxylation sites is 1. The molecule has 0 bridgehead atoms.